The number of anilines is 1. The van der Waals surface area contributed by atoms with Gasteiger partial charge in [0.2, 0.25) is 0 Å². The van der Waals surface area contributed by atoms with E-state index in [4.69, 9.17) is 0 Å². The van der Waals surface area contributed by atoms with Crippen LogP contribution in [-0.2, 0) is 6.54 Å². The van der Waals surface area contributed by atoms with Crippen molar-refractivity contribution in [3.63, 3.8) is 0 Å². The zero-order valence-corrected chi connectivity index (χ0v) is 17.2. The molecule has 30 heavy (non-hydrogen) atoms. The van der Waals surface area contributed by atoms with Gasteiger partial charge in [-0.1, -0.05) is 18.2 Å². The molecule has 2 aromatic carbocycles. The molecular weight excluding hydrogens is 405 g/mol. The van der Waals surface area contributed by atoms with Crippen LogP contribution in [0.25, 0.3) is 0 Å². The summed E-state index contributed by atoms with van der Waals surface area (Å²) >= 11 is 1.14. The van der Waals surface area contributed by atoms with Gasteiger partial charge in [0.25, 0.3) is 17.7 Å². The summed E-state index contributed by atoms with van der Waals surface area (Å²) in [6.07, 6.45) is 0. The Bertz CT molecular complexity index is 1110. The fourth-order valence-electron chi connectivity index (χ4n) is 2.81. The average molecular weight is 425 g/mol. The van der Waals surface area contributed by atoms with E-state index in [1.165, 1.54) is 18.2 Å². The zero-order chi connectivity index (χ0) is 21.7. The lowest BCUT2D eigenvalue weighted by molar-refractivity contribution is 0.0951. The second-order valence-electron chi connectivity index (χ2n) is 6.55. The molecule has 1 heterocycles. The summed E-state index contributed by atoms with van der Waals surface area (Å²) < 4.78 is 13.3. The van der Waals surface area contributed by atoms with Crippen LogP contribution < -0.4 is 16.0 Å². The predicted molar refractivity (Wildman–Crippen MR) is 114 cm³/mol. The number of thiophene rings is 1. The number of halogens is 1. The Morgan fingerprint density at radius 2 is 1.63 bits per heavy atom. The summed E-state index contributed by atoms with van der Waals surface area (Å²) in [6.45, 7) is 2.03. The van der Waals surface area contributed by atoms with E-state index in [-0.39, 0.29) is 23.9 Å². The van der Waals surface area contributed by atoms with Crippen LogP contribution in [0, 0.1) is 12.7 Å². The summed E-state index contributed by atoms with van der Waals surface area (Å²) in [5.74, 6) is -1.43. The van der Waals surface area contributed by atoms with E-state index in [1.54, 1.807) is 38.2 Å². The highest BCUT2D eigenvalue weighted by atomic mass is 32.1. The first kappa shape index (κ1) is 21.2. The highest BCUT2D eigenvalue weighted by Crippen LogP contribution is 2.27. The van der Waals surface area contributed by atoms with Gasteiger partial charge >= 0.3 is 0 Å². The standard InChI is InChI=1S/C22H20FN3O3S/c1-13-9-18(26-21(28)16-7-4-8-17(23)11-16)30-19(13)22(29)25-12-14-5-3-6-15(10-14)20(27)24-2/h3-11H,12H2,1-2H3,(H,24,27)(H,25,29)(H,26,28). The number of carbonyl (C=O) groups is 3. The van der Waals surface area contributed by atoms with Crippen LogP contribution >= 0.6 is 11.3 Å². The third kappa shape index (κ3) is 5.09. The number of hydrogen-bond donors (Lipinski definition) is 3. The van der Waals surface area contributed by atoms with Crippen molar-refractivity contribution in [1.82, 2.24) is 10.6 Å². The first-order valence-electron chi connectivity index (χ1n) is 9.14. The van der Waals surface area contributed by atoms with Gasteiger partial charge in [0, 0.05) is 24.7 Å². The van der Waals surface area contributed by atoms with Gasteiger partial charge in [0.05, 0.1) is 9.88 Å². The smallest absolute Gasteiger partial charge is 0.261 e. The molecule has 154 valence electrons. The second kappa shape index (κ2) is 9.32. The predicted octanol–water partition coefficient (Wildman–Crippen LogP) is 3.74. The lowest BCUT2D eigenvalue weighted by Crippen LogP contribution is -2.23. The summed E-state index contributed by atoms with van der Waals surface area (Å²) in [4.78, 5) is 37.1. The second-order valence-corrected chi connectivity index (χ2v) is 7.60. The fraction of sp³-hybridized carbons (Fsp3) is 0.136. The summed E-state index contributed by atoms with van der Waals surface area (Å²) in [5, 5.41) is 8.57. The third-order valence-electron chi connectivity index (χ3n) is 4.32. The van der Waals surface area contributed by atoms with Crippen molar-refractivity contribution in [2.75, 3.05) is 12.4 Å². The van der Waals surface area contributed by atoms with Crippen LogP contribution in [0.1, 0.15) is 41.5 Å². The number of nitrogens with one attached hydrogen (secondary N) is 3. The molecule has 0 saturated heterocycles. The third-order valence-corrected chi connectivity index (χ3v) is 5.47. The first-order chi connectivity index (χ1) is 14.4. The van der Waals surface area contributed by atoms with Crippen molar-refractivity contribution in [3.05, 3.63) is 87.5 Å². The lowest BCUT2D eigenvalue weighted by atomic mass is 10.1. The molecule has 3 amide bonds. The molecular formula is C22H20FN3O3S. The van der Waals surface area contributed by atoms with Crippen LogP contribution in [0.3, 0.4) is 0 Å². The number of hydrogen-bond acceptors (Lipinski definition) is 4. The van der Waals surface area contributed by atoms with Crippen LogP contribution in [0.2, 0.25) is 0 Å². The summed E-state index contributed by atoms with van der Waals surface area (Å²) in [7, 11) is 1.56. The quantitative estimate of drug-likeness (QED) is 0.562. The molecule has 0 atom stereocenters. The topological polar surface area (TPSA) is 87.3 Å². The first-order valence-corrected chi connectivity index (χ1v) is 9.95. The van der Waals surface area contributed by atoms with Crippen LogP contribution in [0.4, 0.5) is 9.39 Å². The maximum absolute atomic E-state index is 13.3. The Morgan fingerprint density at radius 1 is 0.933 bits per heavy atom. The zero-order valence-electron chi connectivity index (χ0n) is 16.4. The van der Waals surface area contributed by atoms with E-state index < -0.39 is 11.7 Å². The molecule has 0 radical (unpaired) electrons. The Kier molecular flexibility index (Phi) is 6.58. The van der Waals surface area contributed by atoms with Crippen molar-refractivity contribution in [3.8, 4) is 0 Å². The molecule has 0 unspecified atom stereocenters. The van der Waals surface area contributed by atoms with Gasteiger partial charge in [-0.3, -0.25) is 14.4 Å². The van der Waals surface area contributed by atoms with Crippen LogP contribution in [0.5, 0.6) is 0 Å². The molecule has 1 aromatic heterocycles. The van der Waals surface area contributed by atoms with Crippen molar-refractivity contribution < 1.29 is 18.8 Å². The molecule has 3 aromatic rings. The Morgan fingerprint density at radius 3 is 2.33 bits per heavy atom. The minimum atomic E-state index is -0.495. The van der Waals surface area contributed by atoms with Gasteiger partial charge in [-0.2, -0.15) is 0 Å². The van der Waals surface area contributed by atoms with Crippen molar-refractivity contribution in [2.24, 2.45) is 0 Å². The molecule has 0 spiro atoms. The highest BCUT2D eigenvalue weighted by Gasteiger charge is 2.16. The maximum Gasteiger partial charge on any atom is 0.261 e. The van der Waals surface area contributed by atoms with Gasteiger partial charge in [0.15, 0.2) is 0 Å². The Balaban J connectivity index is 1.65. The molecule has 0 aliphatic carbocycles. The number of carbonyl (C=O) groups excluding carboxylic acids is 3. The molecule has 6 nitrogen and oxygen atoms in total. The van der Waals surface area contributed by atoms with E-state index in [0.29, 0.717) is 21.0 Å². The number of amides is 3. The minimum Gasteiger partial charge on any atom is -0.355 e. The van der Waals surface area contributed by atoms with E-state index in [1.807, 2.05) is 6.07 Å². The van der Waals surface area contributed by atoms with Gasteiger partial charge in [-0.05, 0) is 54.4 Å². The Labute approximate surface area is 177 Å². The molecule has 0 saturated carbocycles. The largest absolute Gasteiger partial charge is 0.355 e. The van der Waals surface area contributed by atoms with Gasteiger partial charge in [-0.25, -0.2) is 4.39 Å². The monoisotopic (exact) mass is 425 g/mol. The van der Waals surface area contributed by atoms with Gasteiger partial charge < -0.3 is 16.0 Å². The minimum absolute atomic E-state index is 0.197. The highest BCUT2D eigenvalue weighted by molar-refractivity contribution is 7.18. The van der Waals surface area contributed by atoms with E-state index >= 15 is 0 Å². The average Bonchev–Trinajstić information content (AvgIpc) is 3.11. The Hall–Kier alpha value is -3.52. The fourth-order valence-corrected chi connectivity index (χ4v) is 3.80. The summed E-state index contributed by atoms with van der Waals surface area (Å²) in [6, 6.07) is 14.1. The van der Waals surface area contributed by atoms with Gasteiger partial charge in [-0.15, -0.1) is 11.3 Å². The van der Waals surface area contributed by atoms with Crippen molar-refractivity contribution in [2.45, 2.75) is 13.5 Å². The number of benzene rings is 2. The molecule has 0 fully saturated rings. The van der Waals surface area contributed by atoms with Crippen molar-refractivity contribution >= 4 is 34.1 Å². The number of rotatable bonds is 6. The lowest BCUT2D eigenvalue weighted by Gasteiger charge is -2.07. The van der Waals surface area contributed by atoms with E-state index in [9.17, 15) is 18.8 Å². The maximum atomic E-state index is 13.3. The molecule has 0 bridgehead atoms. The molecule has 8 heteroatoms. The van der Waals surface area contributed by atoms with Gasteiger partial charge in [0.1, 0.15) is 5.82 Å². The van der Waals surface area contributed by atoms with E-state index in [0.717, 1.165) is 23.0 Å². The molecule has 0 aliphatic heterocycles. The van der Waals surface area contributed by atoms with Crippen molar-refractivity contribution in [1.29, 1.82) is 0 Å². The molecule has 0 aliphatic rings. The van der Waals surface area contributed by atoms with Crippen LogP contribution in [0.15, 0.2) is 54.6 Å². The molecule has 3 rings (SSSR count). The number of aryl methyl sites for hydroxylation is 1. The van der Waals surface area contributed by atoms with Crippen LogP contribution in [-0.4, -0.2) is 24.8 Å². The SMILES string of the molecule is CNC(=O)c1cccc(CNC(=O)c2sc(NC(=O)c3cccc(F)c3)cc2C)c1. The normalized spacial score (nSPS) is 10.4. The van der Waals surface area contributed by atoms with E-state index in [2.05, 4.69) is 16.0 Å². The summed E-state index contributed by atoms with van der Waals surface area (Å²) in [5.41, 5.74) is 2.21. The molecule has 3 N–H and O–H groups in total.